The van der Waals surface area contributed by atoms with E-state index in [4.69, 9.17) is 4.42 Å². The van der Waals surface area contributed by atoms with E-state index in [0.29, 0.717) is 5.56 Å². The molecule has 2 aromatic heterocycles. The van der Waals surface area contributed by atoms with Crippen LogP contribution in [0.5, 0.6) is 0 Å². The molecule has 0 N–H and O–H groups in total. The van der Waals surface area contributed by atoms with Crippen molar-refractivity contribution in [1.82, 2.24) is 25.0 Å². The molecule has 1 fully saturated rings. The first kappa shape index (κ1) is 25.5. The van der Waals surface area contributed by atoms with Gasteiger partial charge in [0, 0.05) is 61.0 Å². The van der Waals surface area contributed by atoms with Crippen LogP contribution >= 0.6 is 0 Å². The van der Waals surface area contributed by atoms with E-state index in [2.05, 4.69) is 38.6 Å². The average Bonchev–Trinajstić information content (AvgIpc) is 3.44. The van der Waals surface area contributed by atoms with Crippen molar-refractivity contribution in [2.24, 2.45) is 0 Å². The van der Waals surface area contributed by atoms with Crippen LogP contribution in [0.25, 0.3) is 22.6 Å². The molecule has 7 nitrogen and oxygen atoms in total. The van der Waals surface area contributed by atoms with Gasteiger partial charge < -0.3 is 19.1 Å². The van der Waals surface area contributed by atoms with E-state index in [-0.39, 0.29) is 18.0 Å². The Balaban J connectivity index is 1.46. The zero-order valence-electron chi connectivity index (χ0n) is 20.9. The van der Waals surface area contributed by atoms with Gasteiger partial charge in [-0.25, -0.2) is 4.39 Å². The van der Waals surface area contributed by atoms with Gasteiger partial charge in [-0.1, -0.05) is 30.8 Å². The summed E-state index contributed by atoms with van der Waals surface area (Å²) < 4.78 is 46.0. The average molecular weight is 521 g/mol. The van der Waals surface area contributed by atoms with Crippen LogP contribution in [0.1, 0.15) is 17.9 Å². The van der Waals surface area contributed by atoms with Crippen LogP contribution in [0.4, 0.5) is 18.9 Å². The molecule has 1 saturated heterocycles. The molecule has 196 valence electrons. The Labute approximate surface area is 218 Å². The molecule has 0 amide bonds. The van der Waals surface area contributed by atoms with Crippen LogP contribution in [-0.2, 0) is 6.54 Å². The van der Waals surface area contributed by atoms with Crippen LogP contribution in [0.15, 0.2) is 83.8 Å². The summed E-state index contributed by atoms with van der Waals surface area (Å²) in [5.74, 6) is -0.705. The number of piperazine rings is 1. The Morgan fingerprint density at radius 2 is 1.79 bits per heavy atom. The third kappa shape index (κ3) is 5.55. The highest BCUT2D eigenvalue weighted by Crippen LogP contribution is 2.31. The molecule has 0 aliphatic carbocycles. The van der Waals surface area contributed by atoms with E-state index in [1.54, 1.807) is 24.5 Å². The second-order valence-corrected chi connectivity index (χ2v) is 9.14. The van der Waals surface area contributed by atoms with Crippen molar-refractivity contribution in [3.63, 3.8) is 0 Å². The van der Waals surface area contributed by atoms with Crippen molar-refractivity contribution in [3.8, 4) is 22.6 Å². The summed E-state index contributed by atoms with van der Waals surface area (Å²) in [5, 5.41) is 6.94. The minimum atomic E-state index is -2.89. The predicted octanol–water partition coefficient (Wildman–Crippen LogP) is 5.60. The first-order valence-electron chi connectivity index (χ1n) is 12.2. The lowest BCUT2D eigenvalue weighted by Crippen LogP contribution is -2.47. The molecule has 0 unspecified atom stereocenters. The largest absolute Gasteiger partial charge is 0.415 e. The quantitative estimate of drug-likeness (QED) is 0.300. The Hall–Kier alpha value is -4.18. The lowest BCUT2D eigenvalue weighted by Gasteiger charge is -2.40. The summed E-state index contributed by atoms with van der Waals surface area (Å²) in [5.41, 5.74) is 3.45. The monoisotopic (exact) mass is 520 g/mol. The van der Waals surface area contributed by atoms with Crippen molar-refractivity contribution >= 4 is 5.69 Å². The molecule has 0 atom stereocenters. The molecule has 1 aliphatic rings. The summed E-state index contributed by atoms with van der Waals surface area (Å²) in [6, 6.07) is 16.3. The fourth-order valence-electron chi connectivity index (χ4n) is 4.37. The van der Waals surface area contributed by atoms with Gasteiger partial charge in [0.25, 0.3) is 5.89 Å². The number of halogens is 3. The second-order valence-electron chi connectivity index (χ2n) is 9.14. The summed E-state index contributed by atoms with van der Waals surface area (Å²) in [7, 11) is 2.08. The SMILES string of the molecule is C=C(N1CCN(C)CC1)N(Cc1ccc(-c2nnc(C(F)F)o2)cc1F)c1cccc(-c2cccnc2)c1. The molecule has 38 heavy (non-hydrogen) atoms. The van der Waals surface area contributed by atoms with Gasteiger partial charge in [-0.3, -0.25) is 4.98 Å². The van der Waals surface area contributed by atoms with Crippen molar-refractivity contribution in [3.05, 3.63) is 96.7 Å². The van der Waals surface area contributed by atoms with Gasteiger partial charge in [-0.2, -0.15) is 8.78 Å². The Morgan fingerprint density at radius 3 is 2.47 bits per heavy atom. The summed E-state index contributed by atoms with van der Waals surface area (Å²) >= 11 is 0. The highest BCUT2D eigenvalue weighted by molar-refractivity contribution is 5.69. The topological polar surface area (TPSA) is 61.5 Å². The number of hydrogen-bond acceptors (Lipinski definition) is 7. The van der Waals surface area contributed by atoms with Crippen LogP contribution in [0.3, 0.4) is 0 Å². The minimum absolute atomic E-state index is 0.159. The Kier molecular flexibility index (Phi) is 7.41. The van der Waals surface area contributed by atoms with E-state index in [9.17, 15) is 8.78 Å². The number of likely N-dealkylation sites (N-methyl/N-ethyl adjacent to an activating group) is 1. The molecular formula is C28H27F3N6O. The van der Waals surface area contributed by atoms with Crippen molar-refractivity contribution in [2.75, 3.05) is 38.1 Å². The molecule has 0 radical (unpaired) electrons. The number of rotatable bonds is 8. The third-order valence-corrected chi connectivity index (χ3v) is 6.59. The molecule has 0 saturated carbocycles. The van der Waals surface area contributed by atoms with Gasteiger partial charge >= 0.3 is 6.43 Å². The van der Waals surface area contributed by atoms with E-state index in [1.807, 2.05) is 41.3 Å². The first-order valence-corrected chi connectivity index (χ1v) is 12.2. The first-order chi connectivity index (χ1) is 18.4. The van der Waals surface area contributed by atoms with Crippen molar-refractivity contribution in [2.45, 2.75) is 13.0 Å². The van der Waals surface area contributed by atoms with Gasteiger partial charge in [0.1, 0.15) is 11.6 Å². The highest BCUT2D eigenvalue weighted by atomic mass is 19.3. The molecule has 2 aromatic carbocycles. The lowest BCUT2D eigenvalue weighted by molar-refractivity contribution is 0.116. The fourth-order valence-corrected chi connectivity index (χ4v) is 4.37. The maximum Gasteiger partial charge on any atom is 0.314 e. The van der Waals surface area contributed by atoms with E-state index < -0.39 is 18.1 Å². The minimum Gasteiger partial charge on any atom is -0.415 e. The molecule has 1 aliphatic heterocycles. The molecule has 5 rings (SSSR count). The molecule has 10 heteroatoms. The Bertz CT molecular complexity index is 1400. The fraction of sp³-hybridized carbons (Fsp3) is 0.250. The lowest BCUT2D eigenvalue weighted by atomic mass is 10.1. The van der Waals surface area contributed by atoms with Crippen molar-refractivity contribution in [1.29, 1.82) is 0 Å². The molecular weight excluding hydrogens is 493 g/mol. The van der Waals surface area contributed by atoms with Gasteiger partial charge in [-0.15, -0.1) is 10.2 Å². The zero-order valence-corrected chi connectivity index (χ0v) is 20.9. The molecule has 0 bridgehead atoms. The van der Waals surface area contributed by atoms with Gasteiger partial charge in [0.2, 0.25) is 5.89 Å². The Morgan fingerprint density at radius 1 is 1.00 bits per heavy atom. The standard InChI is InChI=1S/C28H27F3N6O/c1-19(36-13-11-35(2)12-14-36)37(24-7-3-5-20(15-24)22-6-4-10-32-17-22)18-23-9-8-21(16-25(23)29)27-33-34-28(38-27)26(30)31/h3-10,15-17,26H,1,11-14,18H2,2H3. The third-order valence-electron chi connectivity index (χ3n) is 6.59. The van der Waals surface area contributed by atoms with E-state index in [1.165, 1.54) is 6.07 Å². The van der Waals surface area contributed by atoms with Crippen molar-refractivity contribution < 1.29 is 17.6 Å². The van der Waals surface area contributed by atoms with Crippen LogP contribution in [0.2, 0.25) is 0 Å². The van der Waals surface area contributed by atoms with E-state index >= 15 is 4.39 Å². The maximum absolute atomic E-state index is 15.4. The van der Waals surface area contributed by atoms with Gasteiger partial charge in [0.15, 0.2) is 0 Å². The van der Waals surface area contributed by atoms with Gasteiger partial charge in [0.05, 0.1) is 6.54 Å². The number of alkyl halides is 2. The van der Waals surface area contributed by atoms with Crippen LogP contribution in [0, 0.1) is 5.82 Å². The summed E-state index contributed by atoms with van der Waals surface area (Å²) in [4.78, 5) is 10.7. The zero-order chi connectivity index (χ0) is 26.6. The number of anilines is 1. The van der Waals surface area contributed by atoms with E-state index in [0.717, 1.165) is 48.8 Å². The number of hydrogen-bond donors (Lipinski definition) is 0. The smallest absolute Gasteiger partial charge is 0.314 e. The predicted molar refractivity (Wildman–Crippen MR) is 139 cm³/mol. The number of nitrogens with zero attached hydrogens (tertiary/aromatic N) is 6. The second kappa shape index (κ2) is 11.1. The molecule has 0 spiro atoms. The number of aromatic nitrogens is 3. The number of pyridine rings is 1. The normalized spacial score (nSPS) is 14.2. The molecule has 4 aromatic rings. The molecule has 3 heterocycles. The highest BCUT2D eigenvalue weighted by Gasteiger charge is 2.23. The van der Waals surface area contributed by atoms with Crippen LogP contribution < -0.4 is 4.90 Å². The maximum atomic E-state index is 15.4. The van der Waals surface area contributed by atoms with Crippen LogP contribution in [-0.4, -0.2) is 58.2 Å². The summed E-state index contributed by atoms with van der Waals surface area (Å²) in [6.45, 7) is 8.00. The number of benzene rings is 2. The van der Waals surface area contributed by atoms with Gasteiger partial charge in [-0.05, 0) is 42.9 Å². The summed E-state index contributed by atoms with van der Waals surface area (Å²) in [6.07, 6.45) is 0.634.